The number of carboxylic acid groups (broad SMARTS) is 1. The maximum Gasteiger partial charge on any atom is 0.325 e. The first kappa shape index (κ1) is 14.9. The summed E-state index contributed by atoms with van der Waals surface area (Å²) in [5, 5.41) is 8.89. The van der Waals surface area contributed by atoms with Crippen LogP contribution >= 0.6 is 22.9 Å². The van der Waals surface area contributed by atoms with Gasteiger partial charge in [-0.3, -0.25) is 9.59 Å². The molecule has 6 nitrogen and oxygen atoms in total. The molecule has 0 saturated carbocycles. The molecule has 0 saturated heterocycles. The van der Waals surface area contributed by atoms with Crippen molar-refractivity contribution in [2.24, 2.45) is 5.73 Å². The van der Waals surface area contributed by atoms with Gasteiger partial charge < -0.3 is 15.6 Å². The molecule has 0 aromatic heterocycles. The van der Waals surface area contributed by atoms with E-state index >= 15 is 0 Å². The Labute approximate surface area is 118 Å². The normalized spacial score (nSPS) is 11.9. The van der Waals surface area contributed by atoms with E-state index in [1.54, 1.807) is 47.1 Å². The second-order valence-electron chi connectivity index (χ2n) is 3.53. The van der Waals surface area contributed by atoms with E-state index in [9.17, 15) is 9.59 Å². The number of halogens is 1. The number of esters is 1. The zero-order chi connectivity index (χ0) is 13.5. The lowest BCUT2D eigenvalue weighted by Gasteiger charge is -2.10. The van der Waals surface area contributed by atoms with Crippen LogP contribution in [0.4, 0.5) is 0 Å². The summed E-state index contributed by atoms with van der Waals surface area (Å²) in [5.74, 6) is -1.04. The Morgan fingerprint density at radius 2 is 2.00 bits per heavy atom. The fourth-order valence-corrected chi connectivity index (χ4v) is 1.76. The molecule has 4 N–H and O–H groups in total. The minimum absolute atomic E-state index is 0.179. The molecule has 0 spiro atoms. The van der Waals surface area contributed by atoms with Crippen molar-refractivity contribution < 1.29 is 19.4 Å². The monoisotopic (exact) mass is 364 g/mol. The van der Waals surface area contributed by atoms with Crippen molar-refractivity contribution in [3.05, 3.63) is 29.8 Å². The fraction of sp³-hybridized carbons (Fsp3) is 0.273. The topological polar surface area (TPSA) is 102 Å². The second kappa shape index (κ2) is 7.29. The van der Waals surface area contributed by atoms with Gasteiger partial charge in [0.25, 0.3) is 0 Å². The molecule has 1 atom stereocenters. The zero-order valence-corrected chi connectivity index (χ0v) is 11.6. The second-order valence-corrected chi connectivity index (χ2v) is 4.15. The standard InChI is InChI=1S/C11H13IN2O4/c12-14-9(11(16)17)5-7-1-3-8(4-2-7)18-10(15)6-13/h1-4,9,14H,5-6,13H2,(H,16,17)/t9-/m0/s1. The third-order valence-electron chi connectivity index (χ3n) is 2.19. The average molecular weight is 364 g/mol. The van der Waals surface area contributed by atoms with Crippen molar-refractivity contribution in [2.45, 2.75) is 12.5 Å². The van der Waals surface area contributed by atoms with Gasteiger partial charge in [0.1, 0.15) is 11.8 Å². The number of aliphatic carboxylic acids is 1. The van der Waals surface area contributed by atoms with E-state index in [1.165, 1.54) is 0 Å². The minimum atomic E-state index is -0.914. The molecule has 7 heteroatoms. The molecule has 0 fully saturated rings. The SMILES string of the molecule is NCC(=O)Oc1ccc(C[C@H](NI)C(=O)O)cc1. The average Bonchev–Trinajstić information content (AvgIpc) is 2.37. The summed E-state index contributed by atoms with van der Waals surface area (Å²) in [4.78, 5) is 21.8. The van der Waals surface area contributed by atoms with Crippen LogP contribution in [0.1, 0.15) is 5.56 Å². The van der Waals surface area contributed by atoms with Gasteiger partial charge in [-0.15, -0.1) is 0 Å². The molecule has 98 valence electrons. The number of ether oxygens (including phenoxy) is 1. The first-order valence-electron chi connectivity index (χ1n) is 5.15. The third-order valence-corrected chi connectivity index (χ3v) is 2.94. The van der Waals surface area contributed by atoms with Gasteiger partial charge in [-0.1, -0.05) is 12.1 Å². The molecule has 18 heavy (non-hydrogen) atoms. The molecule has 0 unspecified atom stereocenters. The molecule has 1 rings (SSSR count). The molecule has 0 heterocycles. The Hall–Kier alpha value is -1.19. The molecular weight excluding hydrogens is 351 g/mol. The first-order chi connectivity index (χ1) is 8.56. The van der Waals surface area contributed by atoms with Gasteiger partial charge in [-0.05, 0) is 24.1 Å². The summed E-state index contributed by atoms with van der Waals surface area (Å²) in [6.07, 6.45) is 0.351. The molecule has 0 amide bonds. The molecule has 0 aliphatic carbocycles. The van der Waals surface area contributed by atoms with Gasteiger partial charge in [0, 0.05) is 22.9 Å². The van der Waals surface area contributed by atoms with Gasteiger partial charge >= 0.3 is 11.9 Å². The van der Waals surface area contributed by atoms with Crippen LogP contribution in [0.2, 0.25) is 0 Å². The van der Waals surface area contributed by atoms with Crippen molar-refractivity contribution in [1.29, 1.82) is 0 Å². The van der Waals surface area contributed by atoms with Crippen molar-refractivity contribution in [3.63, 3.8) is 0 Å². The third kappa shape index (κ3) is 4.59. The molecule has 1 aromatic carbocycles. The van der Waals surface area contributed by atoms with Crippen LogP contribution in [0.15, 0.2) is 24.3 Å². The highest BCUT2D eigenvalue weighted by Gasteiger charge is 2.16. The predicted molar refractivity (Wildman–Crippen MR) is 73.4 cm³/mol. The zero-order valence-electron chi connectivity index (χ0n) is 9.43. The molecule has 0 bridgehead atoms. The van der Waals surface area contributed by atoms with E-state index in [1.807, 2.05) is 0 Å². The lowest BCUT2D eigenvalue weighted by molar-refractivity contribution is -0.138. The lowest BCUT2D eigenvalue weighted by Crippen LogP contribution is -2.32. The van der Waals surface area contributed by atoms with Gasteiger partial charge in [0.15, 0.2) is 0 Å². The number of hydrogen-bond acceptors (Lipinski definition) is 5. The molecule has 0 aliphatic heterocycles. The summed E-state index contributed by atoms with van der Waals surface area (Å²) in [5.41, 5.74) is 5.95. The first-order valence-corrected chi connectivity index (χ1v) is 6.23. The fourth-order valence-electron chi connectivity index (χ4n) is 1.27. The predicted octanol–water partition coefficient (Wildman–Crippen LogP) is 0.486. The van der Waals surface area contributed by atoms with Crippen LogP contribution in [-0.4, -0.2) is 29.6 Å². The Morgan fingerprint density at radius 1 is 1.39 bits per heavy atom. The van der Waals surface area contributed by atoms with Crippen molar-refractivity contribution >= 4 is 34.8 Å². The van der Waals surface area contributed by atoms with Crippen molar-refractivity contribution in [1.82, 2.24) is 3.53 Å². The summed E-state index contributed by atoms with van der Waals surface area (Å²) in [6.45, 7) is -0.179. The maximum atomic E-state index is 10.9. The molecular formula is C11H13IN2O4. The quantitative estimate of drug-likeness (QED) is 0.294. The number of carbonyl (C=O) groups excluding carboxylic acids is 1. The van der Waals surface area contributed by atoms with E-state index in [0.717, 1.165) is 5.56 Å². The molecule has 0 aliphatic rings. The van der Waals surface area contributed by atoms with Crippen LogP contribution in [0.25, 0.3) is 0 Å². The van der Waals surface area contributed by atoms with Crippen molar-refractivity contribution in [2.75, 3.05) is 6.54 Å². The minimum Gasteiger partial charge on any atom is -0.480 e. The highest BCUT2D eigenvalue weighted by Crippen LogP contribution is 2.14. The van der Waals surface area contributed by atoms with Crippen LogP contribution in [0, 0.1) is 0 Å². The van der Waals surface area contributed by atoms with Gasteiger partial charge in [0.2, 0.25) is 0 Å². The van der Waals surface area contributed by atoms with E-state index in [4.69, 9.17) is 15.6 Å². The van der Waals surface area contributed by atoms with Crippen LogP contribution in [0.5, 0.6) is 5.75 Å². The number of benzene rings is 1. The summed E-state index contributed by atoms with van der Waals surface area (Å²) in [6, 6.07) is 5.99. The number of carbonyl (C=O) groups is 2. The summed E-state index contributed by atoms with van der Waals surface area (Å²) < 4.78 is 7.57. The summed E-state index contributed by atoms with van der Waals surface area (Å²) in [7, 11) is 0. The Morgan fingerprint density at radius 3 is 2.44 bits per heavy atom. The number of nitrogens with two attached hydrogens (primary N) is 1. The number of rotatable bonds is 6. The highest BCUT2D eigenvalue weighted by molar-refractivity contribution is 14.1. The van der Waals surface area contributed by atoms with Gasteiger partial charge in [0.05, 0.1) is 6.54 Å². The maximum absolute atomic E-state index is 10.9. The van der Waals surface area contributed by atoms with E-state index in [0.29, 0.717) is 12.2 Å². The Balaban J connectivity index is 2.65. The number of hydrogen-bond donors (Lipinski definition) is 3. The smallest absolute Gasteiger partial charge is 0.325 e. The van der Waals surface area contributed by atoms with Gasteiger partial charge in [-0.2, -0.15) is 0 Å². The van der Waals surface area contributed by atoms with Gasteiger partial charge in [-0.25, -0.2) is 3.53 Å². The van der Waals surface area contributed by atoms with Crippen LogP contribution < -0.4 is 14.0 Å². The van der Waals surface area contributed by atoms with Crippen LogP contribution in [-0.2, 0) is 16.0 Å². The Bertz CT molecular complexity index is 422. The number of carboxylic acids is 1. The summed E-state index contributed by atoms with van der Waals surface area (Å²) >= 11 is 1.81. The largest absolute Gasteiger partial charge is 0.480 e. The van der Waals surface area contributed by atoms with E-state index in [2.05, 4.69) is 3.53 Å². The van der Waals surface area contributed by atoms with Crippen LogP contribution in [0.3, 0.4) is 0 Å². The molecule has 0 radical (unpaired) electrons. The molecule has 1 aromatic rings. The number of nitrogens with one attached hydrogen (secondary N) is 1. The highest BCUT2D eigenvalue weighted by atomic mass is 127. The lowest BCUT2D eigenvalue weighted by atomic mass is 10.1. The Kier molecular flexibility index (Phi) is 6.02. The van der Waals surface area contributed by atoms with E-state index < -0.39 is 18.0 Å². The van der Waals surface area contributed by atoms with E-state index in [-0.39, 0.29) is 6.54 Å². The van der Waals surface area contributed by atoms with Crippen molar-refractivity contribution in [3.8, 4) is 5.75 Å².